The first-order valence-corrected chi connectivity index (χ1v) is 5.82. The molecule has 6 heteroatoms. The van der Waals surface area contributed by atoms with Crippen LogP contribution in [0.5, 0.6) is 0 Å². The minimum Gasteiger partial charge on any atom is -0.399 e. The highest BCUT2D eigenvalue weighted by Crippen LogP contribution is 2.29. The highest BCUT2D eigenvalue weighted by molar-refractivity contribution is 6.05. The molecule has 18 heavy (non-hydrogen) atoms. The van der Waals surface area contributed by atoms with Crippen molar-refractivity contribution < 1.29 is 4.79 Å². The molecule has 6 nitrogen and oxygen atoms in total. The van der Waals surface area contributed by atoms with E-state index < -0.39 is 0 Å². The predicted octanol–water partition coefficient (Wildman–Crippen LogP) is 0.980. The number of rotatable bonds is 1. The van der Waals surface area contributed by atoms with E-state index in [0.29, 0.717) is 17.9 Å². The number of fused-ring (bicyclic) bond motifs is 1. The van der Waals surface area contributed by atoms with Crippen molar-refractivity contribution in [1.82, 2.24) is 15.4 Å². The summed E-state index contributed by atoms with van der Waals surface area (Å²) in [5.41, 5.74) is 8.81. The Morgan fingerprint density at radius 2 is 2.33 bits per heavy atom. The van der Waals surface area contributed by atoms with E-state index in [1.807, 2.05) is 18.2 Å². The van der Waals surface area contributed by atoms with E-state index in [1.165, 1.54) is 6.20 Å². The topological polar surface area (TPSA) is 87.9 Å². The molecule has 3 rings (SSSR count). The molecule has 0 saturated heterocycles. The summed E-state index contributed by atoms with van der Waals surface area (Å²) in [6.45, 7) is 0.683. The van der Waals surface area contributed by atoms with Crippen LogP contribution in [0, 0.1) is 0 Å². The normalized spacial score (nSPS) is 14.3. The zero-order chi connectivity index (χ0) is 12.5. The van der Waals surface area contributed by atoms with Gasteiger partial charge in [-0.2, -0.15) is 15.4 Å². The fourth-order valence-electron chi connectivity index (χ4n) is 2.25. The van der Waals surface area contributed by atoms with E-state index in [0.717, 1.165) is 24.1 Å². The third kappa shape index (κ3) is 1.71. The minimum absolute atomic E-state index is 0.143. The van der Waals surface area contributed by atoms with Crippen LogP contribution < -0.4 is 10.6 Å². The van der Waals surface area contributed by atoms with Crippen molar-refractivity contribution in [2.24, 2.45) is 0 Å². The van der Waals surface area contributed by atoms with Gasteiger partial charge in [-0.25, -0.2) is 0 Å². The van der Waals surface area contributed by atoms with Gasteiger partial charge in [-0.3, -0.25) is 4.79 Å². The Morgan fingerprint density at radius 3 is 3.11 bits per heavy atom. The molecular weight excluding hydrogens is 230 g/mol. The maximum atomic E-state index is 12.3. The highest BCUT2D eigenvalue weighted by atomic mass is 16.2. The molecule has 0 atom stereocenters. The van der Waals surface area contributed by atoms with Crippen LogP contribution in [0.1, 0.15) is 22.5 Å². The number of carbonyl (C=O) groups excluding carboxylic acids is 1. The number of aromatic nitrogens is 3. The second kappa shape index (κ2) is 4.14. The van der Waals surface area contributed by atoms with E-state index in [-0.39, 0.29) is 5.91 Å². The van der Waals surface area contributed by atoms with Crippen molar-refractivity contribution in [3.05, 3.63) is 35.7 Å². The number of aryl methyl sites for hydroxylation is 1. The third-order valence-corrected chi connectivity index (χ3v) is 3.11. The van der Waals surface area contributed by atoms with Crippen LogP contribution in [0.4, 0.5) is 11.4 Å². The van der Waals surface area contributed by atoms with Gasteiger partial charge in [0, 0.05) is 17.9 Å². The van der Waals surface area contributed by atoms with Crippen molar-refractivity contribution in [3.63, 3.8) is 0 Å². The molecule has 1 aliphatic heterocycles. The standard InChI is InChI=1S/C12H13N5O/c13-9-4-3-8-2-1-5-17(11(8)6-9)12(18)10-7-14-16-15-10/h3-4,6-7H,1-2,5,13H2,(H,14,15,16). The van der Waals surface area contributed by atoms with E-state index in [2.05, 4.69) is 15.4 Å². The summed E-state index contributed by atoms with van der Waals surface area (Å²) < 4.78 is 0. The minimum atomic E-state index is -0.143. The summed E-state index contributed by atoms with van der Waals surface area (Å²) in [6, 6.07) is 5.68. The maximum absolute atomic E-state index is 12.3. The average molecular weight is 243 g/mol. The average Bonchev–Trinajstić information content (AvgIpc) is 2.91. The molecule has 3 N–H and O–H groups in total. The van der Waals surface area contributed by atoms with Crippen LogP contribution in [0.15, 0.2) is 24.4 Å². The zero-order valence-electron chi connectivity index (χ0n) is 9.76. The fourth-order valence-corrected chi connectivity index (χ4v) is 2.25. The lowest BCUT2D eigenvalue weighted by molar-refractivity contribution is 0.0980. The molecule has 0 aliphatic carbocycles. The van der Waals surface area contributed by atoms with Gasteiger partial charge in [-0.1, -0.05) is 6.07 Å². The number of hydrogen-bond donors (Lipinski definition) is 2. The molecule has 1 aromatic carbocycles. The van der Waals surface area contributed by atoms with Crippen molar-refractivity contribution in [3.8, 4) is 0 Å². The monoisotopic (exact) mass is 243 g/mol. The molecule has 1 aliphatic rings. The quantitative estimate of drug-likeness (QED) is 0.731. The SMILES string of the molecule is Nc1ccc2c(c1)N(C(=O)c1cn[nH]n1)CCC2. The van der Waals surface area contributed by atoms with Crippen LogP contribution in [0.25, 0.3) is 0 Å². The summed E-state index contributed by atoms with van der Waals surface area (Å²) in [5, 5.41) is 9.94. The number of H-pyrrole nitrogens is 1. The van der Waals surface area contributed by atoms with Gasteiger partial charge in [0.2, 0.25) is 0 Å². The maximum Gasteiger partial charge on any atom is 0.280 e. The Morgan fingerprint density at radius 1 is 1.44 bits per heavy atom. The van der Waals surface area contributed by atoms with Gasteiger partial charge in [0.25, 0.3) is 5.91 Å². The van der Waals surface area contributed by atoms with Crippen molar-refractivity contribution in [2.75, 3.05) is 17.2 Å². The number of nitrogens with one attached hydrogen (secondary N) is 1. The number of aromatic amines is 1. The van der Waals surface area contributed by atoms with E-state index in [1.54, 1.807) is 4.90 Å². The number of nitrogens with two attached hydrogens (primary N) is 1. The lowest BCUT2D eigenvalue weighted by atomic mass is 10.0. The molecule has 2 heterocycles. The second-order valence-electron chi connectivity index (χ2n) is 4.30. The Kier molecular flexibility index (Phi) is 2.47. The molecule has 0 spiro atoms. The van der Waals surface area contributed by atoms with Crippen LogP contribution in [-0.2, 0) is 6.42 Å². The Hall–Kier alpha value is -2.37. The largest absolute Gasteiger partial charge is 0.399 e. The second-order valence-corrected chi connectivity index (χ2v) is 4.30. The number of nitrogens with zero attached hydrogens (tertiary/aromatic N) is 3. The number of amides is 1. The number of benzene rings is 1. The first-order valence-electron chi connectivity index (χ1n) is 5.82. The van der Waals surface area contributed by atoms with Gasteiger partial charge in [0.1, 0.15) is 0 Å². The number of nitrogen functional groups attached to an aromatic ring is 1. The summed E-state index contributed by atoms with van der Waals surface area (Å²) in [7, 11) is 0. The van der Waals surface area contributed by atoms with Gasteiger partial charge in [0.05, 0.1) is 6.20 Å². The summed E-state index contributed by atoms with van der Waals surface area (Å²) in [4.78, 5) is 14.0. The van der Waals surface area contributed by atoms with Gasteiger partial charge >= 0.3 is 0 Å². The van der Waals surface area contributed by atoms with Gasteiger partial charge in [-0.05, 0) is 30.5 Å². The smallest absolute Gasteiger partial charge is 0.280 e. The van der Waals surface area contributed by atoms with Crippen LogP contribution in [-0.4, -0.2) is 27.9 Å². The van der Waals surface area contributed by atoms with Crippen LogP contribution in [0.3, 0.4) is 0 Å². The van der Waals surface area contributed by atoms with Crippen molar-refractivity contribution in [1.29, 1.82) is 0 Å². The lowest BCUT2D eigenvalue weighted by Crippen LogP contribution is -2.35. The molecule has 92 valence electrons. The van der Waals surface area contributed by atoms with Gasteiger partial charge in [0.15, 0.2) is 5.69 Å². The fraction of sp³-hybridized carbons (Fsp3) is 0.250. The molecular formula is C12H13N5O. The number of anilines is 2. The molecule has 2 aromatic rings. The number of hydrogen-bond acceptors (Lipinski definition) is 4. The molecule has 1 aromatic heterocycles. The predicted molar refractivity (Wildman–Crippen MR) is 67.2 cm³/mol. The Labute approximate surface area is 104 Å². The van der Waals surface area contributed by atoms with Crippen molar-refractivity contribution in [2.45, 2.75) is 12.8 Å². The molecule has 0 saturated carbocycles. The molecule has 0 fully saturated rings. The van der Waals surface area contributed by atoms with Gasteiger partial charge < -0.3 is 10.6 Å². The third-order valence-electron chi connectivity index (χ3n) is 3.11. The molecule has 1 amide bonds. The van der Waals surface area contributed by atoms with E-state index in [9.17, 15) is 4.79 Å². The van der Waals surface area contributed by atoms with E-state index in [4.69, 9.17) is 5.73 Å². The van der Waals surface area contributed by atoms with Crippen LogP contribution >= 0.6 is 0 Å². The summed E-state index contributed by atoms with van der Waals surface area (Å²) >= 11 is 0. The van der Waals surface area contributed by atoms with Crippen molar-refractivity contribution >= 4 is 17.3 Å². The van der Waals surface area contributed by atoms with E-state index >= 15 is 0 Å². The van der Waals surface area contributed by atoms with Crippen LogP contribution in [0.2, 0.25) is 0 Å². The van der Waals surface area contributed by atoms with Gasteiger partial charge in [-0.15, -0.1) is 0 Å². The summed E-state index contributed by atoms with van der Waals surface area (Å²) in [5.74, 6) is -0.143. The molecule has 0 radical (unpaired) electrons. The summed E-state index contributed by atoms with van der Waals surface area (Å²) in [6.07, 6.45) is 3.35. The Bertz CT molecular complexity index is 578. The number of carbonyl (C=O) groups is 1. The zero-order valence-corrected chi connectivity index (χ0v) is 9.76. The first-order chi connectivity index (χ1) is 8.75. The lowest BCUT2D eigenvalue weighted by Gasteiger charge is -2.29. The Balaban J connectivity index is 2.01. The first kappa shape index (κ1) is 10.8. The molecule has 0 bridgehead atoms. The highest BCUT2D eigenvalue weighted by Gasteiger charge is 2.25. The molecule has 0 unspecified atom stereocenters.